The summed E-state index contributed by atoms with van der Waals surface area (Å²) in [4.78, 5) is 26.7. The van der Waals surface area contributed by atoms with Crippen LogP contribution in [0.3, 0.4) is 0 Å². The van der Waals surface area contributed by atoms with Crippen molar-refractivity contribution >= 4 is 30.2 Å². The van der Waals surface area contributed by atoms with Crippen LogP contribution in [-0.2, 0) is 16.2 Å². The number of benzene rings is 1. The molecule has 0 saturated carbocycles. The third-order valence-corrected chi connectivity index (χ3v) is 2.44. The van der Waals surface area contributed by atoms with Crippen molar-refractivity contribution < 1.29 is 19.1 Å². The monoisotopic (exact) mass is 326 g/mol. The van der Waals surface area contributed by atoms with Gasteiger partial charge in [-0.3, -0.25) is 5.32 Å². The highest BCUT2D eigenvalue weighted by Gasteiger charge is 2.07. The molecule has 8 nitrogen and oxygen atoms in total. The Hall–Kier alpha value is -2.61. The van der Waals surface area contributed by atoms with E-state index < -0.39 is 12.1 Å². The van der Waals surface area contributed by atoms with Crippen molar-refractivity contribution in [3.8, 4) is 0 Å². The molecule has 0 aliphatic carbocycles. The van der Waals surface area contributed by atoms with E-state index in [0.29, 0.717) is 17.9 Å². The van der Waals surface area contributed by atoms with E-state index in [0.717, 1.165) is 0 Å². The van der Waals surface area contributed by atoms with Crippen LogP contribution in [0.5, 0.6) is 0 Å². The normalized spacial score (nSPS) is 9.50. The van der Waals surface area contributed by atoms with Crippen molar-refractivity contribution in [1.82, 2.24) is 14.8 Å². The fraction of sp³-hybridized carbons (Fsp3) is 0.231. The minimum absolute atomic E-state index is 0. The lowest BCUT2D eigenvalue weighted by Gasteiger charge is -2.07. The van der Waals surface area contributed by atoms with Crippen molar-refractivity contribution in [1.29, 1.82) is 0 Å². The molecule has 1 aromatic heterocycles. The summed E-state index contributed by atoms with van der Waals surface area (Å²) in [5, 5.41) is 6.32. The fourth-order valence-electron chi connectivity index (χ4n) is 1.48. The molecule has 0 spiro atoms. The summed E-state index contributed by atoms with van der Waals surface area (Å²) in [6.45, 7) is 2.01. The molecule has 0 atom stereocenters. The second kappa shape index (κ2) is 8.63. The van der Waals surface area contributed by atoms with Gasteiger partial charge in [0.2, 0.25) is 0 Å². The number of esters is 1. The van der Waals surface area contributed by atoms with Gasteiger partial charge in [-0.15, -0.1) is 12.4 Å². The third kappa shape index (κ3) is 5.06. The van der Waals surface area contributed by atoms with Gasteiger partial charge in [0.05, 0.1) is 12.2 Å². The highest BCUT2D eigenvalue weighted by molar-refractivity contribution is 5.91. The lowest BCUT2D eigenvalue weighted by atomic mass is 10.2. The first-order valence-corrected chi connectivity index (χ1v) is 6.22. The maximum Gasteiger partial charge on any atom is 0.413 e. The molecule has 0 unspecified atom stereocenters. The van der Waals surface area contributed by atoms with Crippen LogP contribution < -0.4 is 5.32 Å². The summed E-state index contributed by atoms with van der Waals surface area (Å²) in [6.07, 6.45) is 2.14. The number of hydrogen-bond acceptors (Lipinski definition) is 6. The molecule has 0 saturated heterocycles. The second-order valence-corrected chi connectivity index (χ2v) is 3.92. The largest absolute Gasteiger partial charge is 0.462 e. The molecule has 0 radical (unpaired) electrons. The van der Waals surface area contributed by atoms with E-state index in [1.54, 1.807) is 31.2 Å². The number of nitrogens with one attached hydrogen (secondary N) is 1. The lowest BCUT2D eigenvalue weighted by molar-refractivity contribution is 0.0526. The molecule has 9 heteroatoms. The first kappa shape index (κ1) is 17.4. The summed E-state index contributed by atoms with van der Waals surface area (Å²) < 4.78 is 11.2. The highest BCUT2D eigenvalue weighted by atomic mass is 35.5. The molecule has 0 bridgehead atoms. The zero-order chi connectivity index (χ0) is 15.1. The van der Waals surface area contributed by atoms with Crippen LogP contribution in [0.25, 0.3) is 0 Å². The summed E-state index contributed by atoms with van der Waals surface area (Å²) in [7, 11) is 0. The molecule has 1 amide bonds. The fourth-order valence-corrected chi connectivity index (χ4v) is 1.48. The number of rotatable bonds is 5. The van der Waals surface area contributed by atoms with Crippen LogP contribution in [0.4, 0.5) is 10.5 Å². The number of hydrogen-bond donors (Lipinski definition) is 1. The molecular weight excluding hydrogens is 312 g/mol. The van der Waals surface area contributed by atoms with Crippen LogP contribution in [0.15, 0.2) is 36.9 Å². The molecule has 0 aliphatic rings. The average Bonchev–Trinajstić information content (AvgIpc) is 2.99. The van der Waals surface area contributed by atoms with Crippen molar-refractivity contribution in [3.63, 3.8) is 0 Å². The number of carbonyl (C=O) groups is 2. The Balaban J connectivity index is 0.00000242. The van der Waals surface area contributed by atoms with Crippen LogP contribution in [0.1, 0.15) is 17.3 Å². The van der Waals surface area contributed by atoms with Gasteiger partial charge in [-0.05, 0) is 31.2 Å². The van der Waals surface area contributed by atoms with Crippen LogP contribution in [-0.4, -0.2) is 33.4 Å². The van der Waals surface area contributed by atoms with E-state index in [2.05, 4.69) is 15.4 Å². The van der Waals surface area contributed by atoms with Gasteiger partial charge in [0, 0.05) is 5.69 Å². The van der Waals surface area contributed by atoms with Gasteiger partial charge in [0.1, 0.15) is 12.7 Å². The van der Waals surface area contributed by atoms with Crippen molar-refractivity contribution in [2.24, 2.45) is 0 Å². The molecule has 2 rings (SSSR count). The van der Waals surface area contributed by atoms with Gasteiger partial charge in [-0.1, -0.05) is 0 Å². The molecule has 118 valence electrons. The number of ether oxygens (including phenoxy) is 2. The number of carbonyl (C=O) groups excluding carboxylic acids is 2. The minimum Gasteiger partial charge on any atom is -0.462 e. The molecule has 0 fully saturated rings. The summed E-state index contributed by atoms with van der Waals surface area (Å²) in [5.74, 6) is -0.405. The molecule has 22 heavy (non-hydrogen) atoms. The van der Waals surface area contributed by atoms with E-state index in [4.69, 9.17) is 9.47 Å². The van der Waals surface area contributed by atoms with Crippen molar-refractivity contribution in [2.45, 2.75) is 13.7 Å². The SMILES string of the molecule is CCOC(=O)c1ccc(NC(=O)OCn2cncn2)cc1.Cl. The number of amides is 1. The molecule has 0 aliphatic heterocycles. The van der Waals surface area contributed by atoms with Crippen LogP contribution in [0.2, 0.25) is 0 Å². The smallest absolute Gasteiger partial charge is 0.413 e. The van der Waals surface area contributed by atoms with Crippen LogP contribution in [0, 0.1) is 0 Å². The summed E-state index contributed by atoms with van der Waals surface area (Å²) in [5.41, 5.74) is 0.921. The van der Waals surface area contributed by atoms with E-state index in [1.165, 1.54) is 17.3 Å². The van der Waals surface area contributed by atoms with E-state index in [9.17, 15) is 9.59 Å². The minimum atomic E-state index is -0.630. The quantitative estimate of drug-likeness (QED) is 0.845. The molecule has 2 aromatic rings. The van der Waals surface area contributed by atoms with Crippen LogP contribution >= 0.6 is 12.4 Å². The Morgan fingerprint density at radius 3 is 2.55 bits per heavy atom. The summed E-state index contributed by atoms with van der Waals surface area (Å²) >= 11 is 0. The van der Waals surface area contributed by atoms with Gasteiger partial charge in [0.15, 0.2) is 6.73 Å². The van der Waals surface area contributed by atoms with Gasteiger partial charge in [0.25, 0.3) is 0 Å². The van der Waals surface area contributed by atoms with Gasteiger partial charge in [-0.2, -0.15) is 5.10 Å². The average molecular weight is 327 g/mol. The Morgan fingerprint density at radius 2 is 1.95 bits per heavy atom. The van der Waals surface area contributed by atoms with Crippen molar-refractivity contribution in [2.75, 3.05) is 11.9 Å². The highest BCUT2D eigenvalue weighted by Crippen LogP contribution is 2.11. The lowest BCUT2D eigenvalue weighted by Crippen LogP contribution is -2.16. The summed E-state index contributed by atoms with van der Waals surface area (Å²) in [6, 6.07) is 6.29. The maximum absolute atomic E-state index is 11.5. The standard InChI is InChI=1S/C13H14N4O4.ClH/c1-2-20-12(18)10-3-5-11(6-4-10)16-13(19)21-9-17-8-14-7-15-17;/h3-8H,2,9H2,1H3,(H,16,19);1H. The van der Waals surface area contributed by atoms with E-state index in [1.807, 2.05) is 0 Å². The predicted octanol–water partition coefficient (Wildman–Crippen LogP) is 2.08. The number of halogens is 1. The van der Waals surface area contributed by atoms with E-state index in [-0.39, 0.29) is 19.1 Å². The Kier molecular flexibility index (Phi) is 6.84. The number of aromatic nitrogens is 3. The zero-order valence-corrected chi connectivity index (χ0v) is 12.6. The molecule has 1 N–H and O–H groups in total. The maximum atomic E-state index is 11.5. The predicted molar refractivity (Wildman–Crippen MR) is 79.8 cm³/mol. The van der Waals surface area contributed by atoms with Crippen molar-refractivity contribution in [3.05, 3.63) is 42.5 Å². The zero-order valence-electron chi connectivity index (χ0n) is 11.8. The Bertz CT molecular complexity index is 601. The Morgan fingerprint density at radius 1 is 1.23 bits per heavy atom. The van der Waals surface area contributed by atoms with Gasteiger partial charge >= 0.3 is 12.1 Å². The van der Waals surface area contributed by atoms with Gasteiger partial charge in [-0.25, -0.2) is 19.3 Å². The number of nitrogens with zero attached hydrogens (tertiary/aromatic N) is 3. The third-order valence-electron chi connectivity index (χ3n) is 2.44. The first-order valence-electron chi connectivity index (χ1n) is 6.22. The number of anilines is 1. The molecule has 1 heterocycles. The van der Waals surface area contributed by atoms with Gasteiger partial charge < -0.3 is 9.47 Å². The second-order valence-electron chi connectivity index (χ2n) is 3.92. The van der Waals surface area contributed by atoms with E-state index >= 15 is 0 Å². The topological polar surface area (TPSA) is 95.3 Å². The Labute approximate surface area is 132 Å². The molecule has 1 aromatic carbocycles. The molecular formula is C13H15ClN4O4. The first-order chi connectivity index (χ1) is 10.2.